The number of ether oxygens (including phenoxy) is 2. The number of nitrogens with one attached hydrogen (secondary N) is 1. The number of fused-ring (bicyclic) bond motifs is 1. The number of carbonyl (C=O) groups excluding carboxylic acids is 1. The molecule has 0 aliphatic carbocycles. The molecule has 26 heavy (non-hydrogen) atoms. The molecule has 0 spiro atoms. The summed E-state index contributed by atoms with van der Waals surface area (Å²) in [5.74, 6) is 1.99. The van der Waals surface area contributed by atoms with Gasteiger partial charge in [0.25, 0.3) is 0 Å². The molecule has 7 heteroatoms. The molecule has 0 unspecified atom stereocenters. The lowest BCUT2D eigenvalue weighted by molar-refractivity contribution is -0.120. The molecule has 0 saturated heterocycles. The average Bonchev–Trinajstić information content (AvgIpc) is 2.67. The summed E-state index contributed by atoms with van der Waals surface area (Å²) in [6.07, 6.45) is 0.380. The molecular formula is C19H19ClN2O3S. The van der Waals surface area contributed by atoms with E-state index in [1.54, 1.807) is 11.8 Å². The van der Waals surface area contributed by atoms with E-state index >= 15 is 0 Å². The monoisotopic (exact) mass is 390 g/mol. The van der Waals surface area contributed by atoms with Gasteiger partial charge in [-0.25, -0.2) is 5.43 Å². The highest BCUT2D eigenvalue weighted by molar-refractivity contribution is 7.99. The fourth-order valence-corrected chi connectivity index (χ4v) is 3.31. The van der Waals surface area contributed by atoms with Crippen molar-refractivity contribution in [3.05, 3.63) is 53.1 Å². The molecule has 2 aromatic carbocycles. The maximum Gasteiger partial charge on any atom is 0.240 e. The molecule has 3 rings (SSSR count). The minimum absolute atomic E-state index is 0.122. The van der Waals surface area contributed by atoms with E-state index < -0.39 is 0 Å². The van der Waals surface area contributed by atoms with Gasteiger partial charge in [-0.05, 0) is 49.4 Å². The molecule has 1 heterocycles. The minimum atomic E-state index is -0.122. The van der Waals surface area contributed by atoms with Gasteiger partial charge in [-0.2, -0.15) is 5.10 Å². The number of thioether (sulfide) groups is 1. The first-order valence-electron chi connectivity index (χ1n) is 8.23. The summed E-state index contributed by atoms with van der Waals surface area (Å²) in [6.45, 7) is 2.94. The molecule has 1 aliphatic heterocycles. The fraction of sp³-hybridized carbons (Fsp3) is 0.263. The highest BCUT2D eigenvalue weighted by Crippen LogP contribution is 2.30. The normalized spacial score (nSPS) is 13.4. The van der Waals surface area contributed by atoms with E-state index in [0.717, 1.165) is 16.2 Å². The standard InChI is InChI=1S/C19H19ClN2O3S/c1-13(14-2-7-17-18(12-14)25-10-9-24-17)21-22-19(23)8-11-26-16-5-3-15(20)4-6-16/h2-7,12H,8-11H2,1H3,(H,22,23). The van der Waals surface area contributed by atoms with Crippen LogP contribution < -0.4 is 14.9 Å². The quantitative estimate of drug-likeness (QED) is 0.457. The number of hydrogen-bond donors (Lipinski definition) is 1. The van der Waals surface area contributed by atoms with Crippen LogP contribution in [0.2, 0.25) is 5.02 Å². The number of hydrazone groups is 1. The zero-order valence-electron chi connectivity index (χ0n) is 14.3. The Hall–Kier alpha value is -2.18. The molecule has 0 radical (unpaired) electrons. The van der Waals surface area contributed by atoms with E-state index in [-0.39, 0.29) is 5.91 Å². The van der Waals surface area contributed by atoms with E-state index in [1.807, 2.05) is 49.4 Å². The maximum atomic E-state index is 12.0. The van der Waals surface area contributed by atoms with E-state index in [1.165, 1.54) is 0 Å². The molecule has 136 valence electrons. The smallest absolute Gasteiger partial charge is 0.240 e. The van der Waals surface area contributed by atoms with Crippen LogP contribution in [0.4, 0.5) is 0 Å². The predicted molar refractivity (Wildman–Crippen MR) is 105 cm³/mol. The van der Waals surface area contributed by atoms with Gasteiger partial charge in [-0.1, -0.05) is 11.6 Å². The first kappa shape index (κ1) is 18.6. The number of rotatable bonds is 6. The van der Waals surface area contributed by atoms with Crippen LogP contribution in [0.1, 0.15) is 18.9 Å². The van der Waals surface area contributed by atoms with Gasteiger partial charge < -0.3 is 9.47 Å². The van der Waals surface area contributed by atoms with Crippen molar-refractivity contribution in [3.63, 3.8) is 0 Å². The minimum Gasteiger partial charge on any atom is -0.486 e. The second-order valence-electron chi connectivity index (χ2n) is 5.64. The molecule has 0 aromatic heterocycles. The Bertz CT molecular complexity index is 809. The molecule has 1 N–H and O–H groups in total. The van der Waals surface area contributed by atoms with Crippen LogP contribution in [0, 0.1) is 0 Å². The van der Waals surface area contributed by atoms with Crippen molar-refractivity contribution in [2.45, 2.75) is 18.2 Å². The van der Waals surface area contributed by atoms with Gasteiger partial charge in [0.15, 0.2) is 11.5 Å². The number of hydrogen-bond acceptors (Lipinski definition) is 5. The summed E-state index contributed by atoms with van der Waals surface area (Å²) in [6, 6.07) is 13.2. The van der Waals surface area contributed by atoms with Crippen LogP contribution in [-0.2, 0) is 4.79 Å². The van der Waals surface area contributed by atoms with Crippen LogP contribution >= 0.6 is 23.4 Å². The van der Waals surface area contributed by atoms with Gasteiger partial charge in [-0.3, -0.25) is 4.79 Å². The molecule has 0 atom stereocenters. The second kappa shape index (κ2) is 8.96. The average molecular weight is 391 g/mol. The Morgan fingerprint density at radius 3 is 2.65 bits per heavy atom. The Balaban J connectivity index is 1.48. The molecule has 2 aromatic rings. The lowest BCUT2D eigenvalue weighted by atomic mass is 10.1. The van der Waals surface area contributed by atoms with Gasteiger partial charge in [0.05, 0.1) is 5.71 Å². The Morgan fingerprint density at radius 1 is 1.15 bits per heavy atom. The predicted octanol–water partition coefficient (Wildman–Crippen LogP) is 4.13. The number of carbonyl (C=O) groups is 1. The van der Waals surface area contributed by atoms with Crippen molar-refractivity contribution in [1.82, 2.24) is 5.43 Å². The summed E-state index contributed by atoms with van der Waals surface area (Å²) in [4.78, 5) is 13.0. The second-order valence-corrected chi connectivity index (χ2v) is 7.25. The van der Waals surface area contributed by atoms with E-state index in [0.29, 0.717) is 41.9 Å². The number of benzene rings is 2. The largest absolute Gasteiger partial charge is 0.486 e. The highest BCUT2D eigenvalue weighted by Gasteiger charge is 2.12. The third-order valence-corrected chi connectivity index (χ3v) is 4.99. The number of amides is 1. The Kier molecular flexibility index (Phi) is 6.41. The van der Waals surface area contributed by atoms with Gasteiger partial charge in [-0.15, -0.1) is 11.8 Å². The SMILES string of the molecule is CC(=NNC(=O)CCSc1ccc(Cl)cc1)c1ccc2c(c1)OCCO2. The van der Waals surface area contributed by atoms with Crippen molar-refractivity contribution >= 4 is 35.0 Å². The Labute approximate surface area is 161 Å². The number of nitrogens with zero attached hydrogens (tertiary/aromatic N) is 1. The number of halogens is 1. The third kappa shape index (κ3) is 5.16. The van der Waals surface area contributed by atoms with Gasteiger partial charge in [0.2, 0.25) is 5.91 Å². The summed E-state index contributed by atoms with van der Waals surface area (Å²) >= 11 is 7.46. The lowest BCUT2D eigenvalue weighted by Crippen LogP contribution is -2.20. The van der Waals surface area contributed by atoms with Crippen LogP contribution in [0.3, 0.4) is 0 Å². The van der Waals surface area contributed by atoms with Crippen molar-refractivity contribution in [2.24, 2.45) is 5.10 Å². The first-order valence-corrected chi connectivity index (χ1v) is 9.60. The van der Waals surface area contributed by atoms with Crippen LogP contribution in [-0.4, -0.2) is 30.6 Å². The van der Waals surface area contributed by atoms with E-state index in [4.69, 9.17) is 21.1 Å². The van der Waals surface area contributed by atoms with Crippen molar-refractivity contribution < 1.29 is 14.3 Å². The highest BCUT2D eigenvalue weighted by atomic mass is 35.5. The summed E-state index contributed by atoms with van der Waals surface area (Å²) < 4.78 is 11.1. The lowest BCUT2D eigenvalue weighted by Gasteiger charge is -2.18. The summed E-state index contributed by atoms with van der Waals surface area (Å²) in [5, 5.41) is 4.88. The van der Waals surface area contributed by atoms with Crippen molar-refractivity contribution in [1.29, 1.82) is 0 Å². The van der Waals surface area contributed by atoms with Crippen LogP contribution in [0.25, 0.3) is 0 Å². The van der Waals surface area contributed by atoms with Gasteiger partial charge in [0.1, 0.15) is 13.2 Å². The molecule has 1 aliphatic rings. The van der Waals surface area contributed by atoms with Crippen LogP contribution in [0.5, 0.6) is 11.5 Å². The summed E-state index contributed by atoms with van der Waals surface area (Å²) in [7, 11) is 0. The molecule has 0 fully saturated rings. The molecule has 5 nitrogen and oxygen atoms in total. The van der Waals surface area contributed by atoms with E-state index in [9.17, 15) is 4.79 Å². The fourth-order valence-electron chi connectivity index (χ4n) is 2.33. The van der Waals surface area contributed by atoms with Gasteiger partial charge >= 0.3 is 0 Å². The molecular weight excluding hydrogens is 372 g/mol. The zero-order valence-corrected chi connectivity index (χ0v) is 15.9. The van der Waals surface area contributed by atoms with Crippen LogP contribution in [0.15, 0.2) is 52.5 Å². The summed E-state index contributed by atoms with van der Waals surface area (Å²) in [5.41, 5.74) is 4.19. The first-order chi connectivity index (χ1) is 12.6. The third-order valence-electron chi connectivity index (χ3n) is 3.72. The molecule has 1 amide bonds. The molecule has 0 bridgehead atoms. The van der Waals surface area contributed by atoms with E-state index in [2.05, 4.69) is 10.5 Å². The van der Waals surface area contributed by atoms with Gasteiger partial charge in [0, 0.05) is 27.7 Å². The maximum absolute atomic E-state index is 12.0. The zero-order chi connectivity index (χ0) is 18.4. The van der Waals surface area contributed by atoms with Crippen molar-refractivity contribution in [3.8, 4) is 11.5 Å². The molecule has 0 saturated carbocycles. The Morgan fingerprint density at radius 2 is 1.88 bits per heavy atom. The topological polar surface area (TPSA) is 59.9 Å². The van der Waals surface area contributed by atoms with Crippen molar-refractivity contribution in [2.75, 3.05) is 19.0 Å².